The molecule has 1 saturated heterocycles. The number of nitrogens with one attached hydrogen (secondary N) is 1. The molecule has 0 bridgehead atoms. The first-order valence-corrected chi connectivity index (χ1v) is 7.56. The Morgan fingerprint density at radius 1 is 1.05 bits per heavy atom. The fraction of sp³-hybridized carbons (Fsp3) is 0.625. The van der Waals surface area contributed by atoms with Gasteiger partial charge in [0.1, 0.15) is 30.8 Å². The molecule has 1 heterocycles. The van der Waals surface area contributed by atoms with Crippen molar-refractivity contribution >= 4 is 0 Å². The maximum atomic E-state index is 10.1. The maximum absolute atomic E-state index is 10.1. The molecule has 1 fully saturated rings. The quantitative estimate of drug-likeness (QED) is 0.813. The molecule has 1 aliphatic heterocycles. The summed E-state index contributed by atoms with van der Waals surface area (Å²) in [6, 6.07) is 7.46. The van der Waals surface area contributed by atoms with Gasteiger partial charge in [-0.05, 0) is 49.9 Å². The molecule has 1 aliphatic rings. The molecule has 2 N–H and O–H groups in total. The Bertz CT molecular complexity index is 372. The van der Waals surface area contributed by atoms with Gasteiger partial charge in [0.15, 0.2) is 0 Å². The van der Waals surface area contributed by atoms with Gasteiger partial charge in [0.05, 0.1) is 20.2 Å². The summed E-state index contributed by atoms with van der Waals surface area (Å²) in [5.74, 6) is 1.59. The Morgan fingerprint density at radius 2 is 1.65 bits per heavy atom. The molecule has 0 aliphatic carbocycles. The van der Waals surface area contributed by atoms with Crippen LogP contribution in [0, 0.1) is 0 Å². The predicted molar refractivity (Wildman–Crippen MR) is 78.5 cm³/mol. The van der Waals surface area contributed by atoms with Gasteiger partial charge in [-0.15, -0.1) is 0 Å². The van der Waals surface area contributed by atoms with Gasteiger partial charge in [-0.1, -0.05) is 0 Å². The SMILES string of the molecule is COc1ccc(OC[C@H](O)C[NH+]2CCCCCC2)cc1. The first kappa shape index (κ1) is 15.1. The zero-order chi connectivity index (χ0) is 14.2. The molecular formula is C16H26NO3+. The zero-order valence-corrected chi connectivity index (χ0v) is 12.3. The molecule has 4 heteroatoms. The molecule has 0 aromatic heterocycles. The van der Waals surface area contributed by atoms with Crippen LogP contribution >= 0.6 is 0 Å². The van der Waals surface area contributed by atoms with Gasteiger partial charge in [-0.3, -0.25) is 0 Å². The zero-order valence-electron chi connectivity index (χ0n) is 12.3. The maximum Gasteiger partial charge on any atom is 0.137 e. The monoisotopic (exact) mass is 280 g/mol. The Balaban J connectivity index is 1.71. The smallest absolute Gasteiger partial charge is 0.137 e. The summed E-state index contributed by atoms with van der Waals surface area (Å²) in [5, 5.41) is 10.1. The fourth-order valence-electron chi connectivity index (χ4n) is 2.69. The second kappa shape index (κ2) is 8.12. The van der Waals surface area contributed by atoms with E-state index in [-0.39, 0.29) is 0 Å². The van der Waals surface area contributed by atoms with Crippen molar-refractivity contribution in [3.05, 3.63) is 24.3 Å². The number of rotatable bonds is 6. The van der Waals surface area contributed by atoms with E-state index in [1.807, 2.05) is 24.3 Å². The molecule has 0 spiro atoms. The summed E-state index contributed by atoms with van der Waals surface area (Å²) in [7, 11) is 1.64. The van der Waals surface area contributed by atoms with E-state index >= 15 is 0 Å². The summed E-state index contributed by atoms with van der Waals surface area (Å²) < 4.78 is 10.7. The van der Waals surface area contributed by atoms with Crippen molar-refractivity contribution in [3.63, 3.8) is 0 Å². The van der Waals surface area contributed by atoms with Crippen molar-refractivity contribution in [2.45, 2.75) is 31.8 Å². The van der Waals surface area contributed by atoms with Crippen LogP contribution in [0.3, 0.4) is 0 Å². The second-order valence-electron chi connectivity index (χ2n) is 5.51. The Kier molecular flexibility index (Phi) is 6.15. The van der Waals surface area contributed by atoms with E-state index in [4.69, 9.17) is 9.47 Å². The van der Waals surface area contributed by atoms with Gasteiger partial charge in [0.2, 0.25) is 0 Å². The molecule has 0 radical (unpaired) electrons. The number of hydrogen-bond acceptors (Lipinski definition) is 3. The lowest BCUT2D eigenvalue weighted by Gasteiger charge is -2.20. The highest BCUT2D eigenvalue weighted by atomic mass is 16.5. The summed E-state index contributed by atoms with van der Waals surface area (Å²) in [6.07, 6.45) is 4.83. The molecule has 1 atom stereocenters. The first-order chi connectivity index (χ1) is 9.78. The van der Waals surface area contributed by atoms with Crippen LogP contribution in [0.5, 0.6) is 11.5 Å². The van der Waals surface area contributed by atoms with E-state index in [0.29, 0.717) is 6.61 Å². The largest absolute Gasteiger partial charge is 0.497 e. The number of aliphatic hydroxyl groups excluding tert-OH is 1. The van der Waals surface area contributed by atoms with Crippen LogP contribution in [0.2, 0.25) is 0 Å². The number of methoxy groups -OCH3 is 1. The standard InChI is InChI=1S/C16H25NO3/c1-19-15-6-8-16(9-7-15)20-13-14(18)12-17-10-4-2-3-5-11-17/h6-9,14,18H,2-5,10-13H2,1H3/p+1/t14-/m1/s1. The van der Waals surface area contributed by atoms with E-state index in [1.54, 1.807) is 7.11 Å². The Labute approximate surface area is 121 Å². The lowest BCUT2D eigenvalue weighted by molar-refractivity contribution is -0.902. The molecule has 0 amide bonds. The third kappa shape index (κ3) is 5.02. The number of aliphatic hydroxyl groups is 1. The van der Waals surface area contributed by atoms with Crippen molar-refractivity contribution in [2.75, 3.05) is 33.4 Å². The van der Waals surface area contributed by atoms with Crippen molar-refractivity contribution in [2.24, 2.45) is 0 Å². The summed E-state index contributed by atoms with van der Waals surface area (Å²) >= 11 is 0. The number of likely N-dealkylation sites (tertiary alicyclic amines) is 1. The normalized spacial score (nSPS) is 18.3. The molecule has 0 saturated carbocycles. The fourth-order valence-corrected chi connectivity index (χ4v) is 2.69. The molecule has 2 rings (SSSR count). The van der Waals surface area contributed by atoms with Crippen LogP contribution in [0.4, 0.5) is 0 Å². The molecule has 112 valence electrons. The van der Waals surface area contributed by atoms with Crippen LogP contribution in [0.25, 0.3) is 0 Å². The Morgan fingerprint density at radius 3 is 2.25 bits per heavy atom. The van der Waals surface area contributed by atoms with E-state index in [1.165, 1.54) is 43.7 Å². The lowest BCUT2D eigenvalue weighted by Crippen LogP contribution is -3.13. The van der Waals surface area contributed by atoms with Gasteiger partial charge in [-0.2, -0.15) is 0 Å². The lowest BCUT2D eigenvalue weighted by atomic mass is 10.2. The minimum Gasteiger partial charge on any atom is -0.497 e. The van der Waals surface area contributed by atoms with E-state index < -0.39 is 6.10 Å². The number of ether oxygens (including phenoxy) is 2. The van der Waals surface area contributed by atoms with Crippen LogP contribution in [-0.4, -0.2) is 44.6 Å². The first-order valence-electron chi connectivity index (χ1n) is 7.56. The number of benzene rings is 1. The molecule has 4 nitrogen and oxygen atoms in total. The molecule has 20 heavy (non-hydrogen) atoms. The van der Waals surface area contributed by atoms with E-state index in [0.717, 1.165) is 18.0 Å². The van der Waals surface area contributed by atoms with Gasteiger partial charge in [0.25, 0.3) is 0 Å². The highest BCUT2D eigenvalue weighted by Gasteiger charge is 2.17. The third-order valence-corrected chi connectivity index (χ3v) is 3.84. The highest BCUT2D eigenvalue weighted by Crippen LogP contribution is 2.16. The van der Waals surface area contributed by atoms with Crippen molar-refractivity contribution in [1.82, 2.24) is 0 Å². The molecule has 1 aromatic rings. The van der Waals surface area contributed by atoms with Crippen molar-refractivity contribution < 1.29 is 19.5 Å². The minimum absolute atomic E-state index is 0.357. The average Bonchev–Trinajstić information content (AvgIpc) is 2.74. The number of hydrogen-bond donors (Lipinski definition) is 2. The van der Waals surface area contributed by atoms with Crippen LogP contribution in [-0.2, 0) is 0 Å². The van der Waals surface area contributed by atoms with Gasteiger partial charge in [-0.25, -0.2) is 0 Å². The average molecular weight is 280 g/mol. The number of quaternary nitrogens is 1. The third-order valence-electron chi connectivity index (χ3n) is 3.84. The van der Waals surface area contributed by atoms with Crippen molar-refractivity contribution in [1.29, 1.82) is 0 Å². The van der Waals surface area contributed by atoms with E-state index in [9.17, 15) is 5.11 Å². The van der Waals surface area contributed by atoms with Gasteiger partial charge in [0, 0.05) is 0 Å². The predicted octanol–water partition coefficient (Wildman–Crippen LogP) is 0.894. The van der Waals surface area contributed by atoms with Crippen LogP contribution in [0.15, 0.2) is 24.3 Å². The van der Waals surface area contributed by atoms with Crippen LogP contribution < -0.4 is 14.4 Å². The van der Waals surface area contributed by atoms with Crippen LogP contribution in [0.1, 0.15) is 25.7 Å². The molecule has 0 unspecified atom stereocenters. The van der Waals surface area contributed by atoms with Crippen molar-refractivity contribution in [3.8, 4) is 11.5 Å². The highest BCUT2D eigenvalue weighted by molar-refractivity contribution is 5.31. The van der Waals surface area contributed by atoms with Gasteiger partial charge >= 0.3 is 0 Å². The summed E-state index contributed by atoms with van der Waals surface area (Å²) in [6.45, 7) is 3.51. The van der Waals surface area contributed by atoms with E-state index in [2.05, 4.69) is 0 Å². The minimum atomic E-state index is -0.398. The topological polar surface area (TPSA) is 43.1 Å². The van der Waals surface area contributed by atoms with Gasteiger partial charge < -0.3 is 19.5 Å². The molecule has 1 aromatic carbocycles. The molecular weight excluding hydrogens is 254 g/mol. The Hall–Kier alpha value is -1.26. The summed E-state index contributed by atoms with van der Waals surface area (Å²) in [4.78, 5) is 1.51. The summed E-state index contributed by atoms with van der Waals surface area (Å²) in [5.41, 5.74) is 0. The second-order valence-corrected chi connectivity index (χ2v) is 5.51.